The van der Waals surface area contributed by atoms with Gasteiger partial charge in [-0.1, -0.05) is 44.7 Å². The standard InChI is InChI=1S/C14H23NO/c1-3-4-5-6-9-12-15-13-10-7-8-11-14(13)16-2/h7-8,10-11,15H,3-6,9,12H2,1-2H3. The van der Waals surface area contributed by atoms with Crippen molar-refractivity contribution in [2.75, 3.05) is 19.0 Å². The lowest BCUT2D eigenvalue weighted by atomic mass is 10.1. The molecule has 0 aliphatic rings. The summed E-state index contributed by atoms with van der Waals surface area (Å²) in [4.78, 5) is 0. The van der Waals surface area contributed by atoms with Gasteiger partial charge < -0.3 is 10.1 Å². The molecule has 0 saturated heterocycles. The molecule has 0 aromatic heterocycles. The quantitative estimate of drug-likeness (QED) is 0.668. The zero-order valence-electron chi connectivity index (χ0n) is 10.5. The summed E-state index contributed by atoms with van der Waals surface area (Å²) >= 11 is 0. The van der Waals surface area contributed by atoms with Crippen LogP contribution in [0.3, 0.4) is 0 Å². The van der Waals surface area contributed by atoms with Crippen molar-refractivity contribution >= 4 is 5.69 Å². The van der Waals surface area contributed by atoms with Crippen molar-refractivity contribution in [2.45, 2.75) is 39.0 Å². The fourth-order valence-corrected chi connectivity index (χ4v) is 1.74. The van der Waals surface area contributed by atoms with E-state index in [1.165, 1.54) is 32.1 Å². The predicted molar refractivity (Wildman–Crippen MR) is 70.2 cm³/mol. The fraction of sp³-hybridized carbons (Fsp3) is 0.571. The van der Waals surface area contributed by atoms with E-state index in [0.717, 1.165) is 18.0 Å². The van der Waals surface area contributed by atoms with E-state index in [9.17, 15) is 0 Å². The molecule has 0 amide bonds. The van der Waals surface area contributed by atoms with E-state index >= 15 is 0 Å². The molecule has 0 spiro atoms. The minimum atomic E-state index is 0.927. The number of rotatable bonds is 8. The number of hydrogen-bond acceptors (Lipinski definition) is 2. The van der Waals surface area contributed by atoms with E-state index in [0.29, 0.717) is 0 Å². The first-order chi connectivity index (χ1) is 7.88. The first kappa shape index (κ1) is 12.9. The van der Waals surface area contributed by atoms with E-state index in [1.807, 2.05) is 18.2 Å². The molecular formula is C14H23NO. The minimum Gasteiger partial charge on any atom is -0.495 e. The monoisotopic (exact) mass is 221 g/mol. The Bertz CT molecular complexity index is 286. The van der Waals surface area contributed by atoms with Gasteiger partial charge in [-0.05, 0) is 18.6 Å². The zero-order chi connectivity index (χ0) is 11.6. The summed E-state index contributed by atoms with van der Waals surface area (Å²) in [6.45, 7) is 3.27. The second-order valence-electron chi connectivity index (χ2n) is 4.04. The minimum absolute atomic E-state index is 0.927. The van der Waals surface area contributed by atoms with Crippen LogP contribution in [-0.2, 0) is 0 Å². The molecule has 0 aliphatic carbocycles. The highest BCUT2D eigenvalue weighted by atomic mass is 16.5. The Morgan fingerprint density at radius 2 is 1.81 bits per heavy atom. The molecule has 2 heteroatoms. The molecule has 0 heterocycles. The van der Waals surface area contributed by atoms with Gasteiger partial charge in [-0.15, -0.1) is 0 Å². The normalized spacial score (nSPS) is 10.1. The highest BCUT2D eigenvalue weighted by Crippen LogP contribution is 2.22. The van der Waals surface area contributed by atoms with Crippen LogP contribution in [0.1, 0.15) is 39.0 Å². The number of unbranched alkanes of at least 4 members (excludes halogenated alkanes) is 4. The van der Waals surface area contributed by atoms with Gasteiger partial charge in [-0.25, -0.2) is 0 Å². The lowest BCUT2D eigenvalue weighted by Gasteiger charge is -2.10. The molecule has 0 bridgehead atoms. The number of ether oxygens (including phenoxy) is 1. The summed E-state index contributed by atoms with van der Waals surface area (Å²) < 4.78 is 5.28. The second kappa shape index (κ2) is 8.03. The summed E-state index contributed by atoms with van der Waals surface area (Å²) in [6, 6.07) is 8.07. The van der Waals surface area contributed by atoms with Crippen LogP contribution in [-0.4, -0.2) is 13.7 Å². The van der Waals surface area contributed by atoms with Crippen molar-refractivity contribution in [1.29, 1.82) is 0 Å². The van der Waals surface area contributed by atoms with E-state index < -0.39 is 0 Å². The number of methoxy groups -OCH3 is 1. The molecule has 16 heavy (non-hydrogen) atoms. The Balaban J connectivity index is 2.21. The average Bonchev–Trinajstić information content (AvgIpc) is 2.34. The zero-order valence-corrected chi connectivity index (χ0v) is 10.5. The van der Waals surface area contributed by atoms with Gasteiger partial charge in [-0.3, -0.25) is 0 Å². The molecular weight excluding hydrogens is 198 g/mol. The Labute approximate surface area is 99.0 Å². The number of nitrogens with one attached hydrogen (secondary N) is 1. The summed E-state index contributed by atoms with van der Waals surface area (Å²) in [5.41, 5.74) is 1.10. The van der Waals surface area contributed by atoms with Gasteiger partial charge >= 0.3 is 0 Å². The number of benzene rings is 1. The van der Waals surface area contributed by atoms with E-state index in [2.05, 4.69) is 18.3 Å². The maximum atomic E-state index is 5.28. The largest absolute Gasteiger partial charge is 0.495 e. The van der Waals surface area contributed by atoms with Crippen molar-refractivity contribution in [2.24, 2.45) is 0 Å². The third kappa shape index (κ3) is 4.56. The average molecular weight is 221 g/mol. The second-order valence-corrected chi connectivity index (χ2v) is 4.04. The van der Waals surface area contributed by atoms with E-state index in [-0.39, 0.29) is 0 Å². The summed E-state index contributed by atoms with van der Waals surface area (Å²) in [5.74, 6) is 0.927. The molecule has 0 aliphatic heterocycles. The van der Waals surface area contributed by atoms with Crippen molar-refractivity contribution in [3.63, 3.8) is 0 Å². The molecule has 1 rings (SSSR count). The van der Waals surface area contributed by atoms with Crippen molar-refractivity contribution in [3.05, 3.63) is 24.3 Å². The Morgan fingerprint density at radius 1 is 1.06 bits per heavy atom. The Hall–Kier alpha value is -1.18. The summed E-state index contributed by atoms with van der Waals surface area (Å²) in [7, 11) is 1.71. The van der Waals surface area contributed by atoms with Gasteiger partial charge in [0, 0.05) is 6.54 Å². The lowest BCUT2D eigenvalue weighted by Crippen LogP contribution is -2.02. The van der Waals surface area contributed by atoms with Crippen LogP contribution in [0, 0.1) is 0 Å². The molecule has 0 unspecified atom stereocenters. The molecule has 0 saturated carbocycles. The van der Waals surface area contributed by atoms with E-state index in [1.54, 1.807) is 7.11 Å². The van der Waals surface area contributed by atoms with Gasteiger partial charge in [-0.2, -0.15) is 0 Å². The first-order valence-electron chi connectivity index (χ1n) is 6.25. The van der Waals surface area contributed by atoms with Crippen LogP contribution in [0.4, 0.5) is 5.69 Å². The molecule has 1 aromatic rings. The van der Waals surface area contributed by atoms with Crippen LogP contribution < -0.4 is 10.1 Å². The summed E-state index contributed by atoms with van der Waals surface area (Å²) in [5, 5.41) is 3.42. The summed E-state index contributed by atoms with van der Waals surface area (Å²) in [6.07, 6.45) is 6.56. The van der Waals surface area contributed by atoms with Crippen LogP contribution >= 0.6 is 0 Å². The first-order valence-corrected chi connectivity index (χ1v) is 6.25. The van der Waals surface area contributed by atoms with E-state index in [4.69, 9.17) is 4.74 Å². The third-order valence-corrected chi connectivity index (χ3v) is 2.70. The molecule has 1 N–H and O–H groups in total. The van der Waals surface area contributed by atoms with Gasteiger partial charge in [0.1, 0.15) is 5.75 Å². The van der Waals surface area contributed by atoms with Gasteiger partial charge in [0.05, 0.1) is 12.8 Å². The smallest absolute Gasteiger partial charge is 0.141 e. The Kier molecular flexibility index (Phi) is 6.47. The van der Waals surface area contributed by atoms with Gasteiger partial charge in [0.15, 0.2) is 0 Å². The SMILES string of the molecule is CCCCCCCNc1ccccc1OC. The molecule has 90 valence electrons. The topological polar surface area (TPSA) is 21.3 Å². The highest BCUT2D eigenvalue weighted by Gasteiger charge is 1.99. The van der Waals surface area contributed by atoms with Gasteiger partial charge in [0.2, 0.25) is 0 Å². The van der Waals surface area contributed by atoms with Crippen LogP contribution in [0.25, 0.3) is 0 Å². The number of anilines is 1. The Morgan fingerprint density at radius 3 is 2.56 bits per heavy atom. The highest BCUT2D eigenvalue weighted by molar-refractivity contribution is 5.55. The molecule has 2 nitrogen and oxygen atoms in total. The maximum Gasteiger partial charge on any atom is 0.141 e. The number of para-hydroxylation sites is 2. The molecule has 0 radical (unpaired) electrons. The predicted octanol–water partition coefficient (Wildman–Crippen LogP) is 4.08. The lowest BCUT2D eigenvalue weighted by molar-refractivity contribution is 0.416. The molecule has 0 atom stereocenters. The van der Waals surface area contributed by atoms with Crippen molar-refractivity contribution in [1.82, 2.24) is 0 Å². The van der Waals surface area contributed by atoms with Crippen molar-refractivity contribution < 1.29 is 4.74 Å². The fourth-order valence-electron chi connectivity index (χ4n) is 1.74. The third-order valence-electron chi connectivity index (χ3n) is 2.70. The van der Waals surface area contributed by atoms with Crippen LogP contribution in [0.2, 0.25) is 0 Å². The van der Waals surface area contributed by atoms with Gasteiger partial charge in [0.25, 0.3) is 0 Å². The van der Waals surface area contributed by atoms with Crippen LogP contribution in [0.15, 0.2) is 24.3 Å². The maximum absolute atomic E-state index is 5.28. The van der Waals surface area contributed by atoms with Crippen molar-refractivity contribution in [3.8, 4) is 5.75 Å². The molecule has 0 fully saturated rings. The van der Waals surface area contributed by atoms with Crippen LogP contribution in [0.5, 0.6) is 5.75 Å². The number of hydrogen-bond donors (Lipinski definition) is 1. The molecule has 1 aromatic carbocycles.